The van der Waals surface area contributed by atoms with E-state index in [-0.39, 0.29) is 30.9 Å². The van der Waals surface area contributed by atoms with Crippen LogP contribution in [0.2, 0.25) is 0 Å². The maximum absolute atomic E-state index is 14.2. The van der Waals surface area contributed by atoms with Crippen LogP contribution in [0, 0.1) is 16.3 Å². The van der Waals surface area contributed by atoms with Crippen molar-refractivity contribution in [3.63, 3.8) is 0 Å². The fourth-order valence-electron chi connectivity index (χ4n) is 2.50. The van der Waals surface area contributed by atoms with Gasteiger partial charge in [0, 0.05) is 21.7 Å². The lowest BCUT2D eigenvalue weighted by Gasteiger charge is -2.17. The van der Waals surface area contributed by atoms with Crippen molar-refractivity contribution in [2.24, 2.45) is 7.05 Å². The fourth-order valence-corrected chi connectivity index (χ4v) is 2.96. The third kappa shape index (κ3) is 5.80. The average Bonchev–Trinajstić information content (AvgIpc) is 2.64. The zero-order valence-corrected chi connectivity index (χ0v) is 17.7. The van der Waals surface area contributed by atoms with E-state index in [4.69, 9.17) is 9.57 Å². The molecule has 28 heavy (non-hydrogen) atoms. The number of rotatable bonds is 9. The van der Waals surface area contributed by atoms with Crippen LogP contribution in [0.1, 0.15) is 11.1 Å². The summed E-state index contributed by atoms with van der Waals surface area (Å²) in [6.07, 6.45) is 1.21. The Morgan fingerprint density at radius 2 is 2.11 bits per heavy atom. The molecule has 9 heteroatoms. The minimum atomic E-state index is -0.458. The molecular formula is C19H21FIN3O4. The van der Waals surface area contributed by atoms with Gasteiger partial charge < -0.3 is 10.1 Å². The highest BCUT2D eigenvalue weighted by Crippen LogP contribution is 2.24. The predicted octanol–water partition coefficient (Wildman–Crippen LogP) is 2.93. The number of hydrogen-bond acceptors (Lipinski definition) is 5. The molecule has 0 radical (unpaired) electrons. The van der Waals surface area contributed by atoms with Crippen LogP contribution in [0.5, 0.6) is 0 Å². The first-order valence-electron chi connectivity index (χ1n) is 8.38. The second-order valence-corrected chi connectivity index (χ2v) is 7.15. The monoisotopic (exact) mass is 501 g/mol. The summed E-state index contributed by atoms with van der Waals surface area (Å²) in [5, 5.41) is 2.93. The van der Waals surface area contributed by atoms with Crippen molar-refractivity contribution >= 4 is 40.0 Å². The molecule has 1 amide bonds. The highest BCUT2D eigenvalue weighted by atomic mass is 127. The molecule has 150 valence electrons. The molecule has 0 saturated heterocycles. The van der Waals surface area contributed by atoms with Crippen LogP contribution in [0.25, 0.3) is 0 Å². The maximum Gasteiger partial charge on any atom is 0.254 e. The molecular weight excluding hydrogens is 480 g/mol. The Morgan fingerprint density at radius 3 is 2.79 bits per heavy atom. The number of aromatic nitrogens is 1. The SMILES string of the molecule is C=COCCONC(=O)Cc1cc(C)c(=O)n(C)c1Nc1ccc(I)cc1F. The van der Waals surface area contributed by atoms with Crippen molar-refractivity contribution in [2.75, 3.05) is 18.5 Å². The van der Waals surface area contributed by atoms with Gasteiger partial charge in [0.15, 0.2) is 0 Å². The van der Waals surface area contributed by atoms with E-state index in [1.54, 1.807) is 32.2 Å². The zero-order valence-electron chi connectivity index (χ0n) is 15.6. The molecule has 2 aromatic rings. The summed E-state index contributed by atoms with van der Waals surface area (Å²) in [6.45, 7) is 5.46. The second-order valence-electron chi connectivity index (χ2n) is 5.90. The van der Waals surface area contributed by atoms with Gasteiger partial charge in [-0.25, -0.2) is 9.87 Å². The highest BCUT2D eigenvalue weighted by molar-refractivity contribution is 14.1. The molecule has 7 nitrogen and oxygen atoms in total. The van der Waals surface area contributed by atoms with Crippen LogP contribution >= 0.6 is 22.6 Å². The summed E-state index contributed by atoms with van der Waals surface area (Å²) in [6, 6.07) is 6.30. The van der Waals surface area contributed by atoms with Crippen molar-refractivity contribution < 1.29 is 18.8 Å². The van der Waals surface area contributed by atoms with Crippen LogP contribution in [0.3, 0.4) is 0 Å². The van der Waals surface area contributed by atoms with Crippen LogP contribution in [-0.2, 0) is 27.8 Å². The quantitative estimate of drug-likeness (QED) is 0.239. The first kappa shape index (κ1) is 21.9. The number of amides is 1. The number of carbonyl (C=O) groups excluding carboxylic acids is 1. The van der Waals surface area contributed by atoms with Gasteiger partial charge in [-0.15, -0.1) is 0 Å². The van der Waals surface area contributed by atoms with E-state index in [2.05, 4.69) is 17.4 Å². The van der Waals surface area contributed by atoms with Gasteiger partial charge in [0.1, 0.15) is 24.8 Å². The number of pyridine rings is 1. The Balaban J connectivity index is 2.22. The minimum absolute atomic E-state index is 0.0639. The van der Waals surface area contributed by atoms with Crippen molar-refractivity contribution in [3.05, 3.63) is 68.0 Å². The van der Waals surface area contributed by atoms with E-state index < -0.39 is 11.7 Å². The molecule has 0 aliphatic carbocycles. The molecule has 2 N–H and O–H groups in total. The zero-order chi connectivity index (χ0) is 20.7. The summed E-state index contributed by atoms with van der Waals surface area (Å²) >= 11 is 2.01. The van der Waals surface area contributed by atoms with E-state index in [9.17, 15) is 14.0 Å². The van der Waals surface area contributed by atoms with E-state index in [1.165, 1.54) is 16.9 Å². The summed E-state index contributed by atoms with van der Waals surface area (Å²) in [5.74, 6) is -0.537. The van der Waals surface area contributed by atoms with Crippen LogP contribution < -0.4 is 16.4 Å². The minimum Gasteiger partial charge on any atom is -0.499 e. The van der Waals surface area contributed by atoms with E-state index >= 15 is 0 Å². The smallest absolute Gasteiger partial charge is 0.254 e. The summed E-state index contributed by atoms with van der Waals surface area (Å²) in [7, 11) is 1.56. The Hall–Kier alpha value is -2.40. The van der Waals surface area contributed by atoms with E-state index in [0.717, 1.165) is 3.57 Å². The van der Waals surface area contributed by atoms with Crippen molar-refractivity contribution in [2.45, 2.75) is 13.3 Å². The lowest BCUT2D eigenvalue weighted by atomic mass is 10.1. The molecule has 0 aliphatic heterocycles. The number of carbonyl (C=O) groups is 1. The Kier molecular flexibility index (Phi) is 8.00. The third-order valence-electron chi connectivity index (χ3n) is 3.81. The first-order valence-corrected chi connectivity index (χ1v) is 9.46. The lowest BCUT2D eigenvalue weighted by Crippen LogP contribution is -2.29. The molecule has 1 aromatic heterocycles. The van der Waals surface area contributed by atoms with Crippen molar-refractivity contribution in [1.29, 1.82) is 0 Å². The van der Waals surface area contributed by atoms with Gasteiger partial charge in [-0.3, -0.25) is 19.0 Å². The summed E-state index contributed by atoms with van der Waals surface area (Å²) in [4.78, 5) is 29.5. The van der Waals surface area contributed by atoms with Gasteiger partial charge in [0.25, 0.3) is 5.56 Å². The van der Waals surface area contributed by atoms with E-state index in [0.29, 0.717) is 16.9 Å². The molecule has 0 aliphatic rings. The summed E-state index contributed by atoms with van der Waals surface area (Å²) < 4.78 is 21.2. The molecule has 0 saturated carbocycles. The lowest BCUT2D eigenvalue weighted by molar-refractivity contribution is -0.133. The number of anilines is 2. The van der Waals surface area contributed by atoms with Gasteiger partial charge in [-0.1, -0.05) is 6.58 Å². The van der Waals surface area contributed by atoms with Crippen LogP contribution in [0.15, 0.2) is 41.9 Å². The fraction of sp³-hybridized carbons (Fsp3) is 0.263. The molecule has 1 heterocycles. The summed E-state index contributed by atoms with van der Waals surface area (Å²) in [5.41, 5.74) is 3.28. The Labute approximate surface area is 175 Å². The van der Waals surface area contributed by atoms with Gasteiger partial charge in [-0.05, 0) is 53.8 Å². The highest BCUT2D eigenvalue weighted by Gasteiger charge is 2.16. The standard InChI is InChI=1S/C19H21FIN3O4/c1-4-27-7-8-28-23-17(25)10-13-9-12(2)19(26)24(3)18(13)22-16-6-5-14(21)11-15(16)20/h4-6,9,11,22H,1,7-8,10H2,2-3H3,(H,23,25). The first-order chi connectivity index (χ1) is 13.3. The van der Waals surface area contributed by atoms with Gasteiger partial charge in [-0.2, -0.15) is 0 Å². The number of benzene rings is 1. The number of ether oxygens (including phenoxy) is 1. The number of nitrogens with zero attached hydrogens (tertiary/aromatic N) is 1. The normalized spacial score (nSPS) is 10.4. The number of hydrogen-bond donors (Lipinski definition) is 2. The van der Waals surface area contributed by atoms with E-state index in [1.807, 2.05) is 22.6 Å². The topological polar surface area (TPSA) is 81.6 Å². The molecule has 0 fully saturated rings. The molecule has 1 aromatic carbocycles. The van der Waals surface area contributed by atoms with Gasteiger partial charge in [0.05, 0.1) is 18.4 Å². The number of nitrogens with one attached hydrogen (secondary N) is 2. The third-order valence-corrected chi connectivity index (χ3v) is 4.49. The largest absolute Gasteiger partial charge is 0.499 e. The van der Waals surface area contributed by atoms with Crippen LogP contribution in [-0.4, -0.2) is 23.7 Å². The number of aryl methyl sites for hydroxylation is 1. The predicted molar refractivity (Wildman–Crippen MR) is 113 cm³/mol. The second kappa shape index (κ2) is 10.2. The average molecular weight is 501 g/mol. The van der Waals surface area contributed by atoms with Crippen molar-refractivity contribution in [1.82, 2.24) is 10.0 Å². The molecule has 0 atom stereocenters. The Morgan fingerprint density at radius 1 is 1.36 bits per heavy atom. The number of hydroxylamine groups is 1. The maximum atomic E-state index is 14.2. The Bertz CT molecular complexity index is 930. The van der Waals surface area contributed by atoms with Crippen molar-refractivity contribution in [3.8, 4) is 0 Å². The number of halogens is 2. The molecule has 0 spiro atoms. The van der Waals surface area contributed by atoms with Gasteiger partial charge >= 0.3 is 0 Å². The molecule has 2 rings (SSSR count). The van der Waals surface area contributed by atoms with Gasteiger partial charge in [0.2, 0.25) is 5.91 Å². The van der Waals surface area contributed by atoms with Crippen LogP contribution in [0.4, 0.5) is 15.9 Å². The molecule has 0 unspecified atom stereocenters. The molecule has 0 bridgehead atoms.